The molecule has 1 aromatic heterocycles. The van der Waals surface area contributed by atoms with E-state index in [9.17, 15) is 13.2 Å². The van der Waals surface area contributed by atoms with Crippen LogP contribution in [0.2, 0.25) is 0 Å². The number of sulfone groups is 1. The molecule has 0 bridgehead atoms. The highest BCUT2D eigenvalue weighted by Crippen LogP contribution is 2.18. The van der Waals surface area contributed by atoms with Crippen LogP contribution in [0.5, 0.6) is 0 Å². The van der Waals surface area contributed by atoms with Gasteiger partial charge in [0, 0.05) is 6.04 Å². The van der Waals surface area contributed by atoms with E-state index in [1.54, 1.807) is 0 Å². The predicted molar refractivity (Wildman–Crippen MR) is 72.9 cm³/mol. The van der Waals surface area contributed by atoms with E-state index in [0.717, 1.165) is 0 Å². The number of nitrogens with one attached hydrogen (secondary N) is 2. The molecule has 0 spiro atoms. The van der Waals surface area contributed by atoms with E-state index < -0.39 is 9.84 Å². The Hall–Kier alpha value is -0.640. The largest absolute Gasteiger partial charge is 0.366 e. The van der Waals surface area contributed by atoms with Crippen molar-refractivity contribution < 1.29 is 8.42 Å². The predicted octanol–water partition coefficient (Wildman–Crippen LogP) is 0.364. The third-order valence-electron chi connectivity index (χ3n) is 2.69. The maximum absolute atomic E-state index is 11.3. The smallest absolute Gasteiger partial charge is 0.266 e. The molecule has 1 saturated heterocycles. The second-order valence-electron chi connectivity index (χ2n) is 3.96. The maximum atomic E-state index is 11.3. The zero-order valence-corrected chi connectivity index (χ0v) is 11.9. The van der Waals surface area contributed by atoms with Gasteiger partial charge in [-0.15, -0.1) is 0 Å². The van der Waals surface area contributed by atoms with Crippen molar-refractivity contribution in [2.75, 3.05) is 16.8 Å². The molecule has 0 radical (unpaired) electrons. The Morgan fingerprint density at radius 2 is 2.06 bits per heavy atom. The summed E-state index contributed by atoms with van der Waals surface area (Å²) >= 11 is 1.92. The number of rotatable bonds is 2. The molecule has 8 heteroatoms. The quantitative estimate of drug-likeness (QED) is 0.735. The lowest BCUT2D eigenvalue weighted by Crippen LogP contribution is -2.33. The van der Waals surface area contributed by atoms with Gasteiger partial charge in [0.1, 0.15) is 19.2 Å². The molecule has 1 aromatic rings. The van der Waals surface area contributed by atoms with Crippen molar-refractivity contribution in [3.8, 4) is 0 Å². The second-order valence-corrected chi connectivity index (χ2v) is 7.35. The molecule has 0 aromatic carbocycles. The highest BCUT2D eigenvalue weighted by molar-refractivity contribution is 14.1. The Labute approximate surface area is 112 Å². The van der Waals surface area contributed by atoms with Crippen LogP contribution in [0.4, 0.5) is 5.82 Å². The Morgan fingerprint density at radius 3 is 2.71 bits per heavy atom. The third kappa shape index (κ3) is 3.18. The molecule has 17 heavy (non-hydrogen) atoms. The first-order chi connectivity index (χ1) is 7.98. The van der Waals surface area contributed by atoms with Crippen LogP contribution in [0.25, 0.3) is 0 Å². The van der Waals surface area contributed by atoms with Crippen LogP contribution in [-0.2, 0) is 9.84 Å². The fourth-order valence-electron chi connectivity index (χ4n) is 1.71. The van der Waals surface area contributed by atoms with Crippen molar-refractivity contribution >= 4 is 38.2 Å². The van der Waals surface area contributed by atoms with Gasteiger partial charge in [0.15, 0.2) is 0 Å². The van der Waals surface area contributed by atoms with Crippen molar-refractivity contribution in [2.24, 2.45) is 0 Å². The van der Waals surface area contributed by atoms with Crippen LogP contribution in [0.15, 0.2) is 11.1 Å². The van der Waals surface area contributed by atoms with E-state index in [1.807, 2.05) is 22.6 Å². The van der Waals surface area contributed by atoms with E-state index in [4.69, 9.17) is 0 Å². The van der Waals surface area contributed by atoms with Crippen molar-refractivity contribution in [1.29, 1.82) is 0 Å². The van der Waals surface area contributed by atoms with Gasteiger partial charge in [0.2, 0.25) is 0 Å². The van der Waals surface area contributed by atoms with E-state index in [1.165, 1.54) is 6.33 Å². The monoisotopic (exact) mass is 369 g/mol. The zero-order valence-electron chi connectivity index (χ0n) is 8.94. The molecule has 1 aliphatic heterocycles. The normalized spacial score (nSPS) is 20.1. The van der Waals surface area contributed by atoms with Crippen molar-refractivity contribution in [2.45, 2.75) is 18.9 Å². The maximum Gasteiger partial charge on any atom is 0.266 e. The third-order valence-corrected chi connectivity index (χ3v) is 5.41. The van der Waals surface area contributed by atoms with Gasteiger partial charge < -0.3 is 10.3 Å². The minimum atomic E-state index is -2.86. The summed E-state index contributed by atoms with van der Waals surface area (Å²) in [7, 11) is -2.86. The number of aromatic nitrogens is 2. The Morgan fingerprint density at radius 1 is 1.41 bits per heavy atom. The molecule has 1 fully saturated rings. The fraction of sp³-hybridized carbons (Fsp3) is 0.556. The Bertz CT molecular complexity index is 555. The van der Waals surface area contributed by atoms with Gasteiger partial charge in [-0.05, 0) is 35.4 Å². The molecule has 0 atom stereocenters. The zero-order chi connectivity index (χ0) is 12.5. The van der Waals surface area contributed by atoms with Crippen LogP contribution in [0, 0.1) is 3.57 Å². The van der Waals surface area contributed by atoms with Gasteiger partial charge in [-0.1, -0.05) is 0 Å². The number of halogens is 1. The summed E-state index contributed by atoms with van der Waals surface area (Å²) in [5.74, 6) is 0.924. The highest BCUT2D eigenvalue weighted by atomic mass is 127. The fourth-order valence-corrected chi connectivity index (χ4v) is 3.65. The molecule has 0 amide bonds. The first-order valence-corrected chi connectivity index (χ1v) is 8.08. The van der Waals surface area contributed by atoms with Crippen molar-refractivity contribution in [1.82, 2.24) is 9.97 Å². The Balaban J connectivity index is 2.08. The average molecular weight is 369 g/mol. The first kappa shape index (κ1) is 12.8. The summed E-state index contributed by atoms with van der Waals surface area (Å²) in [6.07, 6.45) is 2.46. The summed E-state index contributed by atoms with van der Waals surface area (Å²) in [5.41, 5.74) is -0.188. The second kappa shape index (κ2) is 4.92. The van der Waals surface area contributed by atoms with E-state index in [0.29, 0.717) is 22.2 Å². The molecule has 0 aliphatic carbocycles. The average Bonchev–Trinajstić information content (AvgIpc) is 2.27. The van der Waals surface area contributed by atoms with Gasteiger partial charge in [-0.25, -0.2) is 13.4 Å². The van der Waals surface area contributed by atoms with Crippen LogP contribution in [-0.4, -0.2) is 35.9 Å². The number of hydrogen-bond donors (Lipinski definition) is 2. The van der Waals surface area contributed by atoms with E-state index in [2.05, 4.69) is 15.3 Å². The SMILES string of the molecule is O=c1[nH]cnc(NC2CCS(=O)(=O)CC2)c1I. The van der Waals surface area contributed by atoms with Crippen LogP contribution in [0.1, 0.15) is 12.8 Å². The van der Waals surface area contributed by atoms with Gasteiger partial charge in [0.05, 0.1) is 17.8 Å². The number of H-pyrrole nitrogens is 1. The molecule has 2 rings (SSSR count). The molecule has 6 nitrogen and oxygen atoms in total. The number of aromatic amines is 1. The molecule has 0 saturated carbocycles. The summed E-state index contributed by atoms with van der Waals surface area (Å²) < 4.78 is 23.0. The molecular weight excluding hydrogens is 357 g/mol. The summed E-state index contributed by atoms with van der Waals surface area (Å²) in [6.45, 7) is 0. The van der Waals surface area contributed by atoms with Gasteiger partial charge >= 0.3 is 0 Å². The summed E-state index contributed by atoms with van der Waals surface area (Å²) in [5, 5.41) is 3.12. The topological polar surface area (TPSA) is 91.9 Å². The number of anilines is 1. The van der Waals surface area contributed by atoms with Crippen molar-refractivity contribution in [3.63, 3.8) is 0 Å². The minimum absolute atomic E-state index is 0.0707. The standard InChI is InChI=1S/C9H12IN3O3S/c10-7-8(11-5-12-9(7)14)13-6-1-3-17(15,16)4-2-6/h5-6H,1-4H2,(H2,11,12,13,14). The lowest BCUT2D eigenvalue weighted by Gasteiger charge is -2.23. The number of nitrogens with zero attached hydrogens (tertiary/aromatic N) is 1. The molecule has 0 unspecified atom stereocenters. The molecule has 1 aliphatic rings. The van der Waals surface area contributed by atoms with Gasteiger partial charge in [-0.3, -0.25) is 4.79 Å². The lowest BCUT2D eigenvalue weighted by atomic mass is 10.1. The van der Waals surface area contributed by atoms with E-state index in [-0.39, 0.29) is 23.1 Å². The van der Waals surface area contributed by atoms with Gasteiger partial charge in [0.25, 0.3) is 5.56 Å². The van der Waals surface area contributed by atoms with Crippen LogP contribution < -0.4 is 10.9 Å². The lowest BCUT2D eigenvalue weighted by molar-refractivity contribution is 0.559. The molecule has 2 N–H and O–H groups in total. The first-order valence-electron chi connectivity index (χ1n) is 5.18. The van der Waals surface area contributed by atoms with Crippen LogP contribution in [0.3, 0.4) is 0 Å². The van der Waals surface area contributed by atoms with Crippen LogP contribution >= 0.6 is 22.6 Å². The summed E-state index contributed by atoms with van der Waals surface area (Å²) in [4.78, 5) is 17.9. The highest BCUT2D eigenvalue weighted by Gasteiger charge is 2.24. The Kier molecular flexibility index (Phi) is 3.71. The van der Waals surface area contributed by atoms with Crippen molar-refractivity contribution in [3.05, 3.63) is 20.3 Å². The van der Waals surface area contributed by atoms with E-state index >= 15 is 0 Å². The molecule has 94 valence electrons. The molecule has 2 heterocycles. The summed E-state index contributed by atoms with van der Waals surface area (Å²) in [6, 6.07) is 0.0707. The minimum Gasteiger partial charge on any atom is -0.366 e. The molecular formula is C9H12IN3O3S. The number of hydrogen-bond acceptors (Lipinski definition) is 5. The van der Waals surface area contributed by atoms with Gasteiger partial charge in [-0.2, -0.15) is 0 Å².